The fourth-order valence-corrected chi connectivity index (χ4v) is 2.32. The molecule has 5 heteroatoms. The Morgan fingerprint density at radius 1 is 1.53 bits per heavy atom. The van der Waals surface area contributed by atoms with Gasteiger partial charge in [0.25, 0.3) is 5.91 Å². The van der Waals surface area contributed by atoms with E-state index >= 15 is 0 Å². The normalized spacial score (nSPS) is 24.1. The summed E-state index contributed by atoms with van der Waals surface area (Å²) in [4.78, 5) is 13.7. The summed E-state index contributed by atoms with van der Waals surface area (Å²) in [5, 5.41) is 19.5. The van der Waals surface area contributed by atoms with E-state index in [1.54, 1.807) is 24.0 Å². The molecule has 1 heterocycles. The lowest BCUT2D eigenvalue weighted by Crippen LogP contribution is -2.33. The Morgan fingerprint density at radius 3 is 2.76 bits per heavy atom. The van der Waals surface area contributed by atoms with Crippen LogP contribution in [0.2, 0.25) is 0 Å². The number of aliphatic hydroxyl groups is 1. The van der Waals surface area contributed by atoms with E-state index in [1.165, 1.54) is 6.07 Å². The predicted octanol–water partition coefficient (Wildman–Crippen LogP) is 1.75. The van der Waals surface area contributed by atoms with Crippen molar-refractivity contribution >= 4 is 21.8 Å². The molecule has 2 N–H and O–H groups in total. The van der Waals surface area contributed by atoms with Gasteiger partial charge < -0.3 is 15.1 Å². The van der Waals surface area contributed by atoms with Crippen LogP contribution in [0.1, 0.15) is 23.7 Å². The van der Waals surface area contributed by atoms with E-state index in [9.17, 15) is 15.0 Å². The van der Waals surface area contributed by atoms with E-state index in [-0.39, 0.29) is 17.2 Å². The fourth-order valence-electron chi connectivity index (χ4n) is 1.97. The quantitative estimate of drug-likeness (QED) is 0.830. The number of hydrogen-bond donors (Lipinski definition) is 2. The molecule has 1 aliphatic heterocycles. The van der Waals surface area contributed by atoms with E-state index in [0.29, 0.717) is 19.5 Å². The third-order valence-corrected chi connectivity index (χ3v) is 3.42. The molecule has 0 saturated carbocycles. The molecule has 0 aliphatic carbocycles. The number of amides is 1. The number of rotatable bonds is 1. The molecule has 1 amide bonds. The van der Waals surface area contributed by atoms with Crippen LogP contribution in [0.15, 0.2) is 22.7 Å². The van der Waals surface area contributed by atoms with Gasteiger partial charge in [0.05, 0.1) is 11.2 Å². The van der Waals surface area contributed by atoms with Crippen LogP contribution >= 0.6 is 15.9 Å². The summed E-state index contributed by atoms with van der Waals surface area (Å²) in [5.74, 6) is -0.288. The number of aromatic hydroxyl groups is 1. The Bertz CT molecular complexity index is 459. The Labute approximate surface area is 108 Å². The highest BCUT2D eigenvalue weighted by molar-refractivity contribution is 9.10. The zero-order chi connectivity index (χ0) is 12.6. The van der Waals surface area contributed by atoms with Crippen LogP contribution in [0.4, 0.5) is 0 Å². The minimum absolute atomic E-state index is 0.0454. The van der Waals surface area contributed by atoms with Crippen molar-refractivity contribution in [1.82, 2.24) is 4.90 Å². The highest BCUT2D eigenvalue weighted by Gasteiger charge is 2.34. The Morgan fingerprint density at radius 2 is 2.24 bits per heavy atom. The molecule has 17 heavy (non-hydrogen) atoms. The van der Waals surface area contributed by atoms with Gasteiger partial charge in [-0.3, -0.25) is 4.79 Å². The molecule has 0 aromatic heterocycles. The van der Waals surface area contributed by atoms with Crippen LogP contribution in [0.25, 0.3) is 0 Å². The predicted molar refractivity (Wildman–Crippen MR) is 67.0 cm³/mol. The van der Waals surface area contributed by atoms with Crippen molar-refractivity contribution in [2.24, 2.45) is 0 Å². The summed E-state index contributed by atoms with van der Waals surface area (Å²) in [6.45, 7) is 2.53. The van der Waals surface area contributed by atoms with Crippen LogP contribution in [0.3, 0.4) is 0 Å². The molecule has 1 fully saturated rings. The van der Waals surface area contributed by atoms with Gasteiger partial charge in [0.2, 0.25) is 0 Å². The lowest BCUT2D eigenvalue weighted by atomic mass is 10.1. The minimum Gasteiger partial charge on any atom is -0.507 e. The number of benzene rings is 1. The summed E-state index contributed by atoms with van der Waals surface area (Å²) in [6.07, 6.45) is 0.566. The first-order valence-electron chi connectivity index (χ1n) is 5.39. The highest BCUT2D eigenvalue weighted by atomic mass is 79.9. The van der Waals surface area contributed by atoms with Crippen LogP contribution in [-0.4, -0.2) is 39.7 Å². The van der Waals surface area contributed by atoms with Gasteiger partial charge in [-0.25, -0.2) is 0 Å². The lowest BCUT2D eigenvalue weighted by molar-refractivity contribution is 0.0570. The number of phenols is 1. The summed E-state index contributed by atoms with van der Waals surface area (Å²) in [7, 11) is 0. The number of β-amino-alcohol motifs (C(OH)–C–C–N with tert-alkyl or cyclic N) is 1. The zero-order valence-corrected chi connectivity index (χ0v) is 11.1. The van der Waals surface area contributed by atoms with E-state index in [4.69, 9.17) is 0 Å². The lowest BCUT2D eigenvalue weighted by Gasteiger charge is -2.19. The van der Waals surface area contributed by atoms with E-state index in [2.05, 4.69) is 15.9 Å². The monoisotopic (exact) mass is 299 g/mol. The molecule has 0 radical (unpaired) electrons. The zero-order valence-electron chi connectivity index (χ0n) is 9.48. The van der Waals surface area contributed by atoms with Gasteiger partial charge in [-0.1, -0.05) is 15.9 Å². The average molecular weight is 300 g/mol. The summed E-state index contributed by atoms with van der Waals surface area (Å²) < 4.78 is 0.722. The first-order valence-corrected chi connectivity index (χ1v) is 6.18. The van der Waals surface area contributed by atoms with Crippen molar-refractivity contribution in [2.75, 3.05) is 13.1 Å². The average Bonchev–Trinajstić information content (AvgIpc) is 2.58. The number of halogens is 1. The maximum atomic E-state index is 12.1. The largest absolute Gasteiger partial charge is 0.507 e. The number of nitrogens with zero attached hydrogens (tertiary/aromatic N) is 1. The van der Waals surface area contributed by atoms with Crippen molar-refractivity contribution in [1.29, 1.82) is 0 Å². The second-order valence-electron chi connectivity index (χ2n) is 4.64. The van der Waals surface area contributed by atoms with Gasteiger partial charge in [0.15, 0.2) is 0 Å². The number of carbonyl (C=O) groups excluding carboxylic acids is 1. The third kappa shape index (κ3) is 2.61. The number of likely N-dealkylation sites (tertiary alicyclic amines) is 1. The maximum absolute atomic E-state index is 12.1. The Balaban J connectivity index is 2.21. The van der Waals surface area contributed by atoms with Crippen molar-refractivity contribution in [3.63, 3.8) is 0 Å². The smallest absolute Gasteiger partial charge is 0.257 e. The molecule has 1 aromatic carbocycles. The standard InChI is InChI=1S/C12H14BrNO3/c1-12(17)4-5-14(7-12)11(16)9-3-2-8(13)6-10(9)15/h2-3,6,15,17H,4-5,7H2,1H3. The first kappa shape index (κ1) is 12.4. The van der Waals surface area contributed by atoms with Gasteiger partial charge >= 0.3 is 0 Å². The molecule has 1 unspecified atom stereocenters. The van der Waals surface area contributed by atoms with Crippen molar-refractivity contribution in [2.45, 2.75) is 18.9 Å². The van der Waals surface area contributed by atoms with E-state index < -0.39 is 5.60 Å². The van der Waals surface area contributed by atoms with E-state index in [1.807, 2.05) is 0 Å². The molecule has 4 nitrogen and oxygen atoms in total. The highest BCUT2D eigenvalue weighted by Crippen LogP contribution is 2.27. The number of carbonyl (C=O) groups is 1. The SMILES string of the molecule is CC1(O)CCN(C(=O)c2ccc(Br)cc2O)C1. The van der Waals surface area contributed by atoms with E-state index in [0.717, 1.165) is 4.47 Å². The number of phenolic OH excluding ortho intramolecular Hbond substituents is 1. The molecule has 1 aromatic rings. The summed E-state index contributed by atoms with van der Waals surface area (Å²) in [6, 6.07) is 4.78. The van der Waals surface area contributed by atoms with Crippen LogP contribution in [-0.2, 0) is 0 Å². The van der Waals surface area contributed by atoms with Gasteiger partial charge in [-0.15, -0.1) is 0 Å². The van der Waals surface area contributed by atoms with Crippen LogP contribution in [0, 0.1) is 0 Å². The van der Waals surface area contributed by atoms with Crippen molar-refractivity contribution in [3.05, 3.63) is 28.2 Å². The molecule has 2 rings (SSSR count). The minimum atomic E-state index is -0.819. The molecular weight excluding hydrogens is 286 g/mol. The van der Waals surface area contributed by atoms with Crippen LogP contribution in [0.5, 0.6) is 5.75 Å². The molecular formula is C12H14BrNO3. The van der Waals surface area contributed by atoms with Crippen molar-refractivity contribution in [3.8, 4) is 5.75 Å². The van der Waals surface area contributed by atoms with Crippen LogP contribution < -0.4 is 0 Å². The second-order valence-corrected chi connectivity index (χ2v) is 5.55. The Hall–Kier alpha value is -1.07. The molecule has 0 bridgehead atoms. The van der Waals surface area contributed by atoms with Gasteiger partial charge in [0, 0.05) is 17.6 Å². The maximum Gasteiger partial charge on any atom is 0.257 e. The topological polar surface area (TPSA) is 60.8 Å². The summed E-state index contributed by atoms with van der Waals surface area (Å²) in [5.41, 5.74) is -0.549. The Kier molecular flexibility index (Phi) is 3.14. The molecule has 92 valence electrons. The fraction of sp³-hybridized carbons (Fsp3) is 0.417. The molecule has 1 saturated heterocycles. The molecule has 0 spiro atoms. The number of hydrogen-bond acceptors (Lipinski definition) is 3. The van der Waals surface area contributed by atoms with Gasteiger partial charge in [0.1, 0.15) is 5.75 Å². The molecule has 1 aliphatic rings. The first-order chi connectivity index (χ1) is 7.89. The van der Waals surface area contributed by atoms with Gasteiger partial charge in [-0.05, 0) is 31.5 Å². The van der Waals surface area contributed by atoms with Crippen molar-refractivity contribution < 1.29 is 15.0 Å². The summed E-state index contributed by atoms with van der Waals surface area (Å²) >= 11 is 3.22. The molecule has 1 atom stereocenters. The third-order valence-electron chi connectivity index (χ3n) is 2.93. The van der Waals surface area contributed by atoms with Gasteiger partial charge in [-0.2, -0.15) is 0 Å². The second kappa shape index (κ2) is 4.31.